The first kappa shape index (κ1) is 29.8. The molecule has 0 N–H and O–H groups in total. The molecule has 0 aliphatic rings. The van der Waals surface area contributed by atoms with Crippen molar-refractivity contribution in [3.63, 3.8) is 0 Å². The van der Waals surface area contributed by atoms with Crippen molar-refractivity contribution in [3.05, 3.63) is 108 Å². The summed E-state index contributed by atoms with van der Waals surface area (Å²) in [6, 6.07) is 30.8. The standard InChI is InChI=1S/C33H44O4Si/c1-26(24-36-38(6,7)32(3,4)5)23-31(37-27(2)34)25-35-33(28-17-11-8-12-18-28,29-19-13-9-14-20-29)30-21-15-10-16-22-30/h8-22,26,31H,23-25H2,1-7H3/t26-,31+/m0/s1. The number of hydrogen-bond donors (Lipinski definition) is 0. The lowest BCUT2D eigenvalue weighted by Crippen LogP contribution is -2.42. The average molecular weight is 533 g/mol. The van der Waals surface area contributed by atoms with Crippen LogP contribution in [0.4, 0.5) is 0 Å². The Morgan fingerprint density at radius 1 is 0.763 bits per heavy atom. The molecule has 0 bridgehead atoms. The predicted octanol–water partition coefficient (Wildman–Crippen LogP) is 7.97. The first-order chi connectivity index (χ1) is 18.0. The highest BCUT2D eigenvalue weighted by molar-refractivity contribution is 6.74. The van der Waals surface area contributed by atoms with Gasteiger partial charge in [0.25, 0.3) is 0 Å². The fraction of sp³-hybridized carbons (Fsp3) is 0.424. The quantitative estimate of drug-likeness (QED) is 0.135. The van der Waals surface area contributed by atoms with Gasteiger partial charge in [-0.05, 0) is 47.2 Å². The second-order valence-electron chi connectivity index (χ2n) is 11.7. The molecule has 0 amide bonds. The summed E-state index contributed by atoms with van der Waals surface area (Å²) >= 11 is 0. The van der Waals surface area contributed by atoms with E-state index < -0.39 is 20.0 Å². The molecule has 0 saturated carbocycles. The van der Waals surface area contributed by atoms with Gasteiger partial charge in [-0.25, -0.2) is 0 Å². The first-order valence-corrected chi connectivity index (χ1v) is 16.5. The van der Waals surface area contributed by atoms with Gasteiger partial charge in [-0.3, -0.25) is 4.79 Å². The number of ether oxygens (including phenoxy) is 2. The van der Waals surface area contributed by atoms with E-state index in [1.54, 1.807) is 0 Å². The third-order valence-electron chi connectivity index (χ3n) is 7.56. The maximum absolute atomic E-state index is 12.1. The van der Waals surface area contributed by atoms with Crippen LogP contribution in [0.25, 0.3) is 0 Å². The molecule has 38 heavy (non-hydrogen) atoms. The molecule has 3 aromatic rings. The molecule has 4 nitrogen and oxygen atoms in total. The van der Waals surface area contributed by atoms with E-state index in [1.807, 2.05) is 54.6 Å². The molecule has 0 aromatic heterocycles. The van der Waals surface area contributed by atoms with Gasteiger partial charge in [-0.15, -0.1) is 0 Å². The summed E-state index contributed by atoms with van der Waals surface area (Å²) < 4.78 is 19.2. The lowest BCUT2D eigenvalue weighted by Gasteiger charge is -2.38. The van der Waals surface area contributed by atoms with Crippen LogP contribution in [0.2, 0.25) is 18.1 Å². The smallest absolute Gasteiger partial charge is 0.302 e. The lowest BCUT2D eigenvalue weighted by molar-refractivity contribution is -0.153. The summed E-state index contributed by atoms with van der Waals surface area (Å²) in [4.78, 5) is 12.1. The monoisotopic (exact) mass is 532 g/mol. The first-order valence-electron chi connectivity index (χ1n) is 13.6. The van der Waals surface area contributed by atoms with Gasteiger partial charge in [-0.2, -0.15) is 0 Å². The van der Waals surface area contributed by atoms with Crippen LogP contribution < -0.4 is 0 Å². The maximum atomic E-state index is 12.1. The molecule has 3 rings (SSSR count). The Morgan fingerprint density at radius 2 is 1.18 bits per heavy atom. The van der Waals surface area contributed by atoms with Gasteiger partial charge in [0.2, 0.25) is 0 Å². The van der Waals surface area contributed by atoms with Gasteiger partial charge in [0.15, 0.2) is 8.32 Å². The molecule has 5 heteroatoms. The molecule has 0 saturated heterocycles. The van der Waals surface area contributed by atoms with Crippen LogP contribution in [-0.4, -0.2) is 33.6 Å². The summed E-state index contributed by atoms with van der Waals surface area (Å²) in [6.07, 6.45) is 0.254. The van der Waals surface area contributed by atoms with Gasteiger partial charge in [0.1, 0.15) is 11.7 Å². The number of carbonyl (C=O) groups excluding carboxylic acids is 1. The van der Waals surface area contributed by atoms with Crippen molar-refractivity contribution < 1.29 is 18.7 Å². The molecular formula is C33H44O4Si. The lowest BCUT2D eigenvalue weighted by atomic mass is 9.80. The van der Waals surface area contributed by atoms with Crippen molar-refractivity contribution in [3.8, 4) is 0 Å². The number of benzene rings is 3. The number of rotatable bonds is 12. The average Bonchev–Trinajstić information content (AvgIpc) is 2.89. The van der Waals surface area contributed by atoms with Crippen molar-refractivity contribution in [2.75, 3.05) is 13.2 Å². The number of hydrogen-bond acceptors (Lipinski definition) is 4. The zero-order chi connectivity index (χ0) is 27.8. The Bertz CT molecular complexity index is 1030. The van der Waals surface area contributed by atoms with Gasteiger partial charge < -0.3 is 13.9 Å². The summed E-state index contributed by atoms with van der Waals surface area (Å²) in [5, 5.41) is 0.145. The van der Waals surface area contributed by atoms with Crippen LogP contribution >= 0.6 is 0 Å². The molecule has 0 fully saturated rings. The predicted molar refractivity (Wildman–Crippen MR) is 158 cm³/mol. The largest absolute Gasteiger partial charge is 0.460 e. The molecule has 0 spiro atoms. The summed E-state index contributed by atoms with van der Waals surface area (Å²) in [7, 11) is -1.87. The molecule has 0 unspecified atom stereocenters. The van der Waals surface area contributed by atoms with Crippen molar-refractivity contribution in [1.29, 1.82) is 0 Å². The molecule has 0 radical (unpaired) electrons. The molecule has 3 aromatic carbocycles. The summed E-state index contributed by atoms with van der Waals surface area (Å²) in [6.45, 7) is 15.8. The Morgan fingerprint density at radius 3 is 1.55 bits per heavy atom. The molecule has 204 valence electrons. The molecule has 2 atom stereocenters. The van der Waals surface area contributed by atoms with Crippen molar-refractivity contribution in [2.45, 2.75) is 70.9 Å². The molecule has 0 heterocycles. The highest BCUT2D eigenvalue weighted by Gasteiger charge is 2.39. The molecule has 0 aliphatic heterocycles. The second kappa shape index (κ2) is 12.9. The van der Waals surface area contributed by atoms with Gasteiger partial charge in [0.05, 0.1) is 6.61 Å². The third kappa shape index (κ3) is 7.43. The van der Waals surface area contributed by atoms with E-state index in [9.17, 15) is 4.79 Å². The van der Waals surface area contributed by atoms with Crippen molar-refractivity contribution in [1.82, 2.24) is 0 Å². The Balaban J connectivity index is 1.91. The topological polar surface area (TPSA) is 44.8 Å². The summed E-state index contributed by atoms with van der Waals surface area (Å²) in [5.41, 5.74) is 2.21. The fourth-order valence-corrected chi connectivity index (χ4v) is 5.59. The van der Waals surface area contributed by atoms with E-state index in [1.165, 1.54) is 6.92 Å². The SMILES string of the molecule is CC(=O)O[C@@H](COC(c1ccccc1)(c1ccccc1)c1ccccc1)C[C@H](C)CO[Si](C)(C)C(C)(C)C. The van der Waals surface area contributed by atoms with Crippen LogP contribution in [-0.2, 0) is 24.3 Å². The second-order valence-corrected chi connectivity index (χ2v) is 16.5. The van der Waals surface area contributed by atoms with E-state index in [4.69, 9.17) is 13.9 Å². The fourth-order valence-electron chi connectivity index (χ4n) is 4.46. The van der Waals surface area contributed by atoms with Crippen LogP contribution in [0, 0.1) is 5.92 Å². The van der Waals surface area contributed by atoms with E-state index in [0.29, 0.717) is 13.0 Å². The van der Waals surface area contributed by atoms with E-state index in [0.717, 1.165) is 16.7 Å². The normalized spacial score (nSPS) is 14.1. The van der Waals surface area contributed by atoms with Crippen LogP contribution in [0.1, 0.15) is 57.7 Å². The van der Waals surface area contributed by atoms with E-state index in [-0.39, 0.29) is 23.5 Å². The molecule has 0 aliphatic carbocycles. The Kier molecular flexibility index (Phi) is 10.1. The highest BCUT2D eigenvalue weighted by Crippen LogP contribution is 2.41. The number of esters is 1. The third-order valence-corrected chi connectivity index (χ3v) is 12.1. The van der Waals surface area contributed by atoms with Gasteiger partial charge in [0, 0.05) is 13.5 Å². The van der Waals surface area contributed by atoms with E-state index in [2.05, 4.69) is 77.2 Å². The van der Waals surface area contributed by atoms with E-state index >= 15 is 0 Å². The summed E-state index contributed by atoms with van der Waals surface area (Å²) in [5.74, 6) is -0.0995. The zero-order valence-electron chi connectivity index (χ0n) is 24.1. The Labute approximate surface area is 230 Å². The van der Waals surface area contributed by atoms with Gasteiger partial charge in [-0.1, -0.05) is 119 Å². The minimum absolute atomic E-state index is 0.145. The maximum Gasteiger partial charge on any atom is 0.302 e. The van der Waals surface area contributed by atoms with Crippen LogP contribution in [0.3, 0.4) is 0 Å². The van der Waals surface area contributed by atoms with Crippen LogP contribution in [0.15, 0.2) is 91.0 Å². The molecular weight excluding hydrogens is 488 g/mol. The zero-order valence-corrected chi connectivity index (χ0v) is 25.1. The van der Waals surface area contributed by atoms with Crippen molar-refractivity contribution >= 4 is 14.3 Å². The van der Waals surface area contributed by atoms with Gasteiger partial charge >= 0.3 is 5.97 Å². The minimum Gasteiger partial charge on any atom is -0.460 e. The number of carbonyl (C=O) groups is 1. The highest BCUT2D eigenvalue weighted by atomic mass is 28.4. The van der Waals surface area contributed by atoms with Crippen LogP contribution in [0.5, 0.6) is 0 Å². The minimum atomic E-state index is -1.87. The Hall–Kier alpha value is -2.73. The van der Waals surface area contributed by atoms with Crippen molar-refractivity contribution in [2.24, 2.45) is 5.92 Å².